The Morgan fingerprint density at radius 2 is 1.19 bits per heavy atom. The molecule has 2 bridgehead atoms. The van der Waals surface area contributed by atoms with E-state index in [0.717, 1.165) is 0 Å². The molecule has 0 aromatic heterocycles. The predicted octanol–water partition coefficient (Wildman–Crippen LogP) is 3.09. The first-order valence-electron chi connectivity index (χ1n) is 7.20. The van der Waals surface area contributed by atoms with E-state index in [2.05, 4.69) is 0 Å². The Hall–Kier alpha value is -1.72. The number of hydrazine groups is 1. The van der Waals surface area contributed by atoms with Crippen molar-refractivity contribution >= 4 is 12.2 Å². The van der Waals surface area contributed by atoms with Gasteiger partial charge in [-0.05, 0) is 48.0 Å². The Kier molecular flexibility index (Phi) is 3.68. The van der Waals surface area contributed by atoms with E-state index in [0.29, 0.717) is 6.42 Å². The first kappa shape index (κ1) is 15.7. The standard InChI is InChI=1S/C15H24N2O4/c1-14(2,3)20-12(18)16-10-7-8-11(9-10)17(16)13(19)21-15(4,5)6/h7-8,10-11H,9H2,1-6H3/t10-,11-/m0/s1. The van der Waals surface area contributed by atoms with Gasteiger partial charge in [-0.15, -0.1) is 0 Å². The first-order chi connectivity index (χ1) is 9.48. The van der Waals surface area contributed by atoms with Crippen LogP contribution in [0.1, 0.15) is 48.0 Å². The molecule has 6 nitrogen and oxygen atoms in total. The Balaban J connectivity index is 2.17. The summed E-state index contributed by atoms with van der Waals surface area (Å²) in [6.07, 6.45) is 3.50. The van der Waals surface area contributed by atoms with Gasteiger partial charge in [0.15, 0.2) is 0 Å². The molecule has 1 aliphatic heterocycles. The lowest BCUT2D eigenvalue weighted by Crippen LogP contribution is -2.54. The number of rotatable bonds is 0. The van der Waals surface area contributed by atoms with Gasteiger partial charge >= 0.3 is 12.2 Å². The van der Waals surface area contributed by atoms with Crippen molar-refractivity contribution in [2.75, 3.05) is 0 Å². The highest BCUT2D eigenvalue weighted by Crippen LogP contribution is 2.34. The van der Waals surface area contributed by atoms with Crippen LogP contribution < -0.4 is 0 Å². The summed E-state index contributed by atoms with van der Waals surface area (Å²) in [5.41, 5.74) is -1.22. The van der Waals surface area contributed by atoms with E-state index in [1.54, 1.807) is 41.5 Å². The zero-order valence-corrected chi connectivity index (χ0v) is 13.5. The topological polar surface area (TPSA) is 59.1 Å². The van der Waals surface area contributed by atoms with Gasteiger partial charge in [-0.1, -0.05) is 12.2 Å². The average Bonchev–Trinajstić information content (AvgIpc) is 2.82. The number of fused-ring (bicyclic) bond motifs is 2. The molecule has 0 unspecified atom stereocenters. The van der Waals surface area contributed by atoms with E-state index >= 15 is 0 Å². The minimum atomic E-state index is -0.609. The highest BCUT2D eigenvalue weighted by Gasteiger charge is 2.49. The molecule has 2 amide bonds. The Morgan fingerprint density at radius 1 is 0.857 bits per heavy atom. The fourth-order valence-corrected chi connectivity index (χ4v) is 2.41. The van der Waals surface area contributed by atoms with Crippen molar-refractivity contribution in [2.45, 2.75) is 71.2 Å². The van der Waals surface area contributed by atoms with Gasteiger partial charge in [-0.3, -0.25) is 0 Å². The molecular formula is C15H24N2O4. The summed E-state index contributed by atoms with van der Waals surface area (Å²) in [7, 11) is 0. The number of amides is 2. The van der Waals surface area contributed by atoms with Gasteiger partial charge in [0.05, 0.1) is 12.1 Å². The van der Waals surface area contributed by atoms with Gasteiger partial charge < -0.3 is 9.47 Å². The summed E-state index contributed by atoms with van der Waals surface area (Å²) in [6, 6.07) is -0.283. The van der Waals surface area contributed by atoms with Crippen LogP contribution in [0.15, 0.2) is 12.2 Å². The molecule has 1 saturated heterocycles. The van der Waals surface area contributed by atoms with Gasteiger partial charge in [-0.25, -0.2) is 19.6 Å². The predicted molar refractivity (Wildman–Crippen MR) is 77.5 cm³/mol. The van der Waals surface area contributed by atoms with Gasteiger partial charge in [0.2, 0.25) is 0 Å². The zero-order valence-electron chi connectivity index (χ0n) is 13.5. The summed E-state index contributed by atoms with van der Waals surface area (Å²) in [5.74, 6) is 0. The van der Waals surface area contributed by atoms with Crippen molar-refractivity contribution in [1.82, 2.24) is 10.0 Å². The third-order valence-corrected chi connectivity index (χ3v) is 3.06. The SMILES string of the molecule is CC(C)(C)OC(=O)N1[C@H]2C=C[C@@H](C2)N1C(=O)OC(C)(C)C. The molecule has 0 spiro atoms. The number of ether oxygens (including phenoxy) is 2. The summed E-state index contributed by atoms with van der Waals surface area (Å²) in [6.45, 7) is 10.8. The number of carbonyl (C=O) groups is 2. The van der Waals surface area contributed by atoms with Crippen LogP contribution in [-0.4, -0.2) is 45.5 Å². The minimum Gasteiger partial charge on any atom is -0.442 e. The number of nitrogens with zero attached hydrogens (tertiary/aromatic N) is 2. The second kappa shape index (κ2) is 4.93. The van der Waals surface area contributed by atoms with Crippen molar-refractivity contribution < 1.29 is 19.1 Å². The van der Waals surface area contributed by atoms with Crippen LogP contribution in [0.5, 0.6) is 0 Å². The fourth-order valence-electron chi connectivity index (χ4n) is 2.41. The molecule has 2 rings (SSSR count). The Bertz CT molecular complexity index is 431. The van der Waals surface area contributed by atoms with E-state index in [1.807, 2.05) is 12.2 Å². The summed E-state index contributed by atoms with van der Waals surface area (Å²) in [4.78, 5) is 24.7. The van der Waals surface area contributed by atoms with Crippen LogP contribution in [-0.2, 0) is 9.47 Å². The van der Waals surface area contributed by atoms with Crippen molar-refractivity contribution in [3.8, 4) is 0 Å². The molecule has 1 aliphatic carbocycles. The second-order valence-electron chi connectivity index (χ2n) is 7.41. The zero-order chi connectivity index (χ0) is 16.0. The molecule has 118 valence electrons. The van der Waals surface area contributed by atoms with Crippen LogP contribution >= 0.6 is 0 Å². The van der Waals surface area contributed by atoms with Gasteiger partial charge in [0.25, 0.3) is 0 Å². The highest BCUT2D eigenvalue weighted by atomic mass is 16.6. The first-order valence-corrected chi connectivity index (χ1v) is 7.20. The van der Waals surface area contributed by atoms with Crippen molar-refractivity contribution in [3.05, 3.63) is 12.2 Å². The molecule has 2 atom stereocenters. The smallest absolute Gasteiger partial charge is 0.430 e. The quantitative estimate of drug-likeness (QED) is 0.645. The number of hydrogen-bond donors (Lipinski definition) is 0. The molecule has 0 saturated carbocycles. The van der Waals surface area contributed by atoms with Gasteiger partial charge in [0.1, 0.15) is 11.2 Å². The van der Waals surface area contributed by atoms with Crippen LogP contribution in [0.2, 0.25) is 0 Å². The summed E-state index contributed by atoms with van der Waals surface area (Å²) in [5, 5.41) is 2.73. The van der Waals surface area contributed by atoms with Crippen LogP contribution in [0, 0.1) is 0 Å². The van der Waals surface area contributed by atoms with Crippen LogP contribution in [0.4, 0.5) is 9.59 Å². The van der Waals surface area contributed by atoms with E-state index in [9.17, 15) is 9.59 Å². The Morgan fingerprint density at radius 3 is 1.48 bits per heavy atom. The van der Waals surface area contributed by atoms with E-state index < -0.39 is 23.4 Å². The van der Waals surface area contributed by atoms with Crippen LogP contribution in [0.25, 0.3) is 0 Å². The highest BCUT2D eigenvalue weighted by molar-refractivity contribution is 5.77. The third kappa shape index (κ3) is 3.49. The van der Waals surface area contributed by atoms with E-state index in [1.165, 1.54) is 10.0 Å². The maximum Gasteiger partial charge on any atom is 0.430 e. The van der Waals surface area contributed by atoms with E-state index in [4.69, 9.17) is 9.47 Å². The molecule has 1 heterocycles. The average molecular weight is 296 g/mol. The summed E-state index contributed by atoms with van der Waals surface area (Å²) < 4.78 is 10.8. The maximum atomic E-state index is 12.4. The molecule has 0 radical (unpaired) electrons. The molecule has 0 N–H and O–H groups in total. The molecular weight excluding hydrogens is 272 g/mol. The largest absolute Gasteiger partial charge is 0.442 e. The molecule has 2 aliphatic rings. The maximum absolute atomic E-state index is 12.4. The Labute approximate surface area is 125 Å². The lowest BCUT2D eigenvalue weighted by Gasteiger charge is -2.36. The van der Waals surface area contributed by atoms with Gasteiger partial charge in [0, 0.05) is 0 Å². The molecule has 6 heteroatoms. The van der Waals surface area contributed by atoms with Crippen molar-refractivity contribution in [2.24, 2.45) is 0 Å². The van der Waals surface area contributed by atoms with E-state index in [-0.39, 0.29) is 12.1 Å². The number of carbonyl (C=O) groups excluding carboxylic acids is 2. The molecule has 21 heavy (non-hydrogen) atoms. The normalized spacial score (nSPS) is 24.5. The van der Waals surface area contributed by atoms with Crippen LogP contribution in [0.3, 0.4) is 0 Å². The minimum absolute atomic E-state index is 0.141. The second-order valence-corrected chi connectivity index (χ2v) is 7.41. The molecule has 0 aromatic carbocycles. The van der Waals surface area contributed by atoms with Crippen molar-refractivity contribution in [1.29, 1.82) is 0 Å². The fraction of sp³-hybridized carbons (Fsp3) is 0.733. The lowest BCUT2D eigenvalue weighted by atomic mass is 10.2. The third-order valence-electron chi connectivity index (χ3n) is 3.06. The summed E-state index contributed by atoms with van der Waals surface area (Å²) >= 11 is 0. The molecule has 0 aromatic rings. The lowest BCUT2D eigenvalue weighted by molar-refractivity contribution is -0.0579. The number of hydrogen-bond acceptors (Lipinski definition) is 4. The van der Waals surface area contributed by atoms with Crippen molar-refractivity contribution in [3.63, 3.8) is 0 Å². The molecule has 1 fully saturated rings. The van der Waals surface area contributed by atoms with Gasteiger partial charge in [-0.2, -0.15) is 0 Å². The monoisotopic (exact) mass is 296 g/mol.